The molecule has 0 radical (unpaired) electrons. The van der Waals surface area contributed by atoms with Crippen molar-refractivity contribution in [1.29, 1.82) is 0 Å². The lowest BCUT2D eigenvalue weighted by molar-refractivity contribution is 0.741. The third kappa shape index (κ3) is 1.87. The molecule has 1 heterocycles. The average molecular weight is 191 g/mol. The molecule has 0 amide bonds. The first-order valence-electron chi connectivity index (χ1n) is 5.07. The molecule has 0 saturated heterocycles. The van der Waals surface area contributed by atoms with Crippen LogP contribution in [0.15, 0.2) is 12.1 Å². The van der Waals surface area contributed by atoms with Crippen LogP contribution in [0.1, 0.15) is 24.2 Å². The molecule has 0 atom stereocenters. The van der Waals surface area contributed by atoms with E-state index in [1.807, 2.05) is 13.8 Å². The molecule has 3 heteroatoms. The van der Waals surface area contributed by atoms with Gasteiger partial charge in [0.05, 0.1) is 0 Å². The van der Waals surface area contributed by atoms with E-state index in [0.29, 0.717) is 6.54 Å². The monoisotopic (exact) mass is 191 g/mol. The second-order valence-corrected chi connectivity index (χ2v) is 4.25. The second-order valence-electron chi connectivity index (χ2n) is 4.25. The third-order valence-corrected chi connectivity index (χ3v) is 2.74. The first-order chi connectivity index (χ1) is 6.63. The predicted molar refractivity (Wildman–Crippen MR) is 58.4 cm³/mol. The van der Waals surface area contributed by atoms with Gasteiger partial charge in [-0.2, -0.15) is 0 Å². The number of nitrogens with zero attached hydrogens (tertiary/aromatic N) is 1. The van der Waals surface area contributed by atoms with E-state index in [0.717, 1.165) is 17.1 Å². The molecule has 1 aliphatic rings. The fourth-order valence-electron chi connectivity index (χ4n) is 1.74. The minimum absolute atomic E-state index is 0.181. The fraction of sp³-hybridized carbons (Fsp3) is 0.545. The maximum absolute atomic E-state index is 5.71. The van der Waals surface area contributed by atoms with Crippen LogP contribution in [-0.4, -0.2) is 17.1 Å². The van der Waals surface area contributed by atoms with Gasteiger partial charge in [0.25, 0.3) is 0 Å². The first-order valence-corrected chi connectivity index (χ1v) is 5.07. The third-order valence-electron chi connectivity index (χ3n) is 2.74. The second kappa shape index (κ2) is 3.24. The molecule has 0 spiro atoms. The van der Waals surface area contributed by atoms with Gasteiger partial charge < -0.3 is 11.1 Å². The van der Waals surface area contributed by atoms with Gasteiger partial charge in [0.1, 0.15) is 0 Å². The molecule has 0 unspecified atom stereocenters. The molecule has 1 fully saturated rings. The molecule has 0 aromatic carbocycles. The van der Waals surface area contributed by atoms with Gasteiger partial charge in [-0.1, -0.05) is 0 Å². The van der Waals surface area contributed by atoms with Crippen molar-refractivity contribution in [1.82, 2.24) is 4.98 Å². The van der Waals surface area contributed by atoms with Gasteiger partial charge in [0.2, 0.25) is 0 Å². The van der Waals surface area contributed by atoms with Crippen LogP contribution in [0.2, 0.25) is 0 Å². The van der Waals surface area contributed by atoms with Gasteiger partial charge in [-0.25, -0.2) is 0 Å². The maximum atomic E-state index is 5.71. The van der Waals surface area contributed by atoms with Gasteiger partial charge in [0, 0.05) is 29.2 Å². The zero-order valence-electron chi connectivity index (χ0n) is 8.80. The number of pyridine rings is 1. The molecule has 2 rings (SSSR count). The number of rotatable bonds is 3. The van der Waals surface area contributed by atoms with E-state index in [9.17, 15) is 0 Å². The topological polar surface area (TPSA) is 50.9 Å². The van der Waals surface area contributed by atoms with Gasteiger partial charge in [-0.05, 0) is 38.8 Å². The fourth-order valence-corrected chi connectivity index (χ4v) is 1.74. The Kier molecular flexibility index (Phi) is 2.19. The zero-order valence-corrected chi connectivity index (χ0v) is 8.80. The van der Waals surface area contributed by atoms with Crippen molar-refractivity contribution >= 4 is 5.69 Å². The average Bonchev–Trinajstić information content (AvgIpc) is 2.83. The number of aryl methyl sites for hydroxylation is 2. The van der Waals surface area contributed by atoms with E-state index >= 15 is 0 Å². The molecule has 0 aliphatic heterocycles. The largest absolute Gasteiger partial charge is 0.378 e. The van der Waals surface area contributed by atoms with Gasteiger partial charge >= 0.3 is 0 Å². The summed E-state index contributed by atoms with van der Waals surface area (Å²) in [5.41, 5.74) is 9.16. The van der Waals surface area contributed by atoms with Crippen molar-refractivity contribution in [2.75, 3.05) is 11.9 Å². The molecule has 3 N–H and O–H groups in total. The molecule has 14 heavy (non-hydrogen) atoms. The Morgan fingerprint density at radius 2 is 1.93 bits per heavy atom. The highest BCUT2D eigenvalue weighted by Crippen LogP contribution is 2.37. The number of hydrogen-bond acceptors (Lipinski definition) is 3. The SMILES string of the molecule is Cc1cc(NC2(CN)CC2)cc(C)n1. The molecule has 0 bridgehead atoms. The molecule has 76 valence electrons. The summed E-state index contributed by atoms with van der Waals surface area (Å²) in [6.45, 7) is 4.74. The molecule has 1 saturated carbocycles. The summed E-state index contributed by atoms with van der Waals surface area (Å²) in [5.74, 6) is 0. The highest BCUT2D eigenvalue weighted by Gasteiger charge is 2.41. The van der Waals surface area contributed by atoms with Crippen LogP contribution < -0.4 is 11.1 Å². The standard InChI is InChI=1S/C11H17N3/c1-8-5-10(6-9(2)13-8)14-11(7-12)3-4-11/h5-6H,3-4,7,12H2,1-2H3,(H,13,14). The van der Waals surface area contributed by atoms with Crippen LogP contribution in [0, 0.1) is 13.8 Å². The van der Waals surface area contributed by atoms with E-state index in [-0.39, 0.29) is 5.54 Å². The van der Waals surface area contributed by atoms with Crippen LogP contribution in [0.3, 0.4) is 0 Å². The van der Waals surface area contributed by atoms with Gasteiger partial charge in [0.15, 0.2) is 0 Å². The van der Waals surface area contributed by atoms with Crippen molar-refractivity contribution in [3.63, 3.8) is 0 Å². The lowest BCUT2D eigenvalue weighted by Gasteiger charge is -2.17. The number of hydrogen-bond donors (Lipinski definition) is 2. The minimum atomic E-state index is 0.181. The van der Waals surface area contributed by atoms with Crippen molar-refractivity contribution in [3.8, 4) is 0 Å². The Hall–Kier alpha value is -1.09. The summed E-state index contributed by atoms with van der Waals surface area (Å²) in [4.78, 5) is 4.34. The minimum Gasteiger partial charge on any atom is -0.378 e. The molecular formula is C11H17N3. The smallest absolute Gasteiger partial charge is 0.0497 e. The van der Waals surface area contributed by atoms with E-state index in [4.69, 9.17) is 5.73 Å². The maximum Gasteiger partial charge on any atom is 0.0497 e. The Balaban J connectivity index is 2.16. The lowest BCUT2D eigenvalue weighted by Crippen LogP contribution is -2.30. The molecule has 1 aliphatic carbocycles. The van der Waals surface area contributed by atoms with E-state index in [1.54, 1.807) is 0 Å². The van der Waals surface area contributed by atoms with Gasteiger partial charge in [-0.15, -0.1) is 0 Å². The van der Waals surface area contributed by atoms with Crippen molar-refractivity contribution in [2.24, 2.45) is 5.73 Å². The van der Waals surface area contributed by atoms with Crippen molar-refractivity contribution in [3.05, 3.63) is 23.5 Å². The summed E-state index contributed by atoms with van der Waals surface area (Å²) in [6.07, 6.45) is 2.37. The van der Waals surface area contributed by atoms with E-state index in [1.165, 1.54) is 12.8 Å². The van der Waals surface area contributed by atoms with Gasteiger partial charge in [-0.3, -0.25) is 4.98 Å². The normalized spacial score (nSPS) is 17.9. The Labute approximate surface area is 84.7 Å². The van der Waals surface area contributed by atoms with Crippen molar-refractivity contribution < 1.29 is 0 Å². The van der Waals surface area contributed by atoms with E-state index in [2.05, 4.69) is 22.4 Å². The number of aromatic nitrogens is 1. The molecular weight excluding hydrogens is 174 g/mol. The molecule has 1 aromatic heterocycles. The number of nitrogens with one attached hydrogen (secondary N) is 1. The van der Waals surface area contributed by atoms with Crippen molar-refractivity contribution in [2.45, 2.75) is 32.2 Å². The lowest BCUT2D eigenvalue weighted by atomic mass is 10.2. The molecule has 3 nitrogen and oxygen atoms in total. The number of nitrogens with two attached hydrogens (primary N) is 1. The van der Waals surface area contributed by atoms with Crippen LogP contribution >= 0.6 is 0 Å². The Morgan fingerprint density at radius 1 is 1.36 bits per heavy atom. The Morgan fingerprint density at radius 3 is 2.36 bits per heavy atom. The summed E-state index contributed by atoms with van der Waals surface area (Å²) in [7, 11) is 0. The van der Waals surface area contributed by atoms with Crippen LogP contribution in [0.5, 0.6) is 0 Å². The summed E-state index contributed by atoms with van der Waals surface area (Å²) >= 11 is 0. The highest BCUT2D eigenvalue weighted by atomic mass is 15.0. The first kappa shape index (κ1) is 9.46. The molecule has 1 aromatic rings. The van der Waals surface area contributed by atoms with Crippen LogP contribution in [0.25, 0.3) is 0 Å². The predicted octanol–water partition coefficient (Wildman–Crippen LogP) is 1.60. The quantitative estimate of drug-likeness (QED) is 0.763. The number of anilines is 1. The highest BCUT2D eigenvalue weighted by molar-refractivity contribution is 5.49. The van der Waals surface area contributed by atoms with Crippen LogP contribution in [-0.2, 0) is 0 Å². The van der Waals surface area contributed by atoms with Crippen LogP contribution in [0.4, 0.5) is 5.69 Å². The summed E-state index contributed by atoms with van der Waals surface area (Å²) < 4.78 is 0. The Bertz CT molecular complexity index is 322. The summed E-state index contributed by atoms with van der Waals surface area (Å²) in [6, 6.07) is 4.14. The van der Waals surface area contributed by atoms with E-state index < -0.39 is 0 Å². The summed E-state index contributed by atoms with van der Waals surface area (Å²) in [5, 5.41) is 3.50. The zero-order chi connectivity index (χ0) is 10.2.